The van der Waals surface area contributed by atoms with Gasteiger partial charge in [-0.2, -0.15) is 0 Å². The molecule has 24 heavy (non-hydrogen) atoms. The fraction of sp³-hybridized carbons (Fsp3) is 0.500. The van der Waals surface area contributed by atoms with Crippen LogP contribution >= 0.6 is 15.9 Å². The van der Waals surface area contributed by atoms with Gasteiger partial charge in [-0.25, -0.2) is 4.98 Å². The average Bonchev–Trinajstić information content (AvgIpc) is 2.60. The molecule has 1 aliphatic rings. The quantitative estimate of drug-likeness (QED) is 0.706. The molecule has 0 N–H and O–H groups in total. The highest BCUT2D eigenvalue weighted by Gasteiger charge is 2.25. The van der Waals surface area contributed by atoms with Crippen LogP contribution in [0, 0.1) is 0 Å². The van der Waals surface area contributed by atoms with Crippen molar-refractivity contribution in [2.75, 3.05) is 13.1 Å². The van der Waals surface area contributed by atoms with Crippen molar-refractivity contribution in [3.05, 3.63) is 46.3 Å². The number of hydrogen-bond donors (Lipinski definition) is 0. The lowest BCUT2D eigenvalue weighted by Gasteiger charge is -2.35. The Balaban J connectivity index is 1.92. The maximum absolute atomic E-state index is 4.63. The minimum atomic E-state index is 0.652. The van der Waals surface area contributed by atoms with Gasteiger partial charge in [0.1, 0.15) is 4.60 Å². The van der Waals surface area contributed by atoms with E-state index in [1.54, 1.807) is 6.20 Å². The van der Waals surface area contributed by atoms with Crippen molar-refractivity contribution in [3.8, 4) is 11.3 Å². The SMILES string of the molecule is CCCN(CCC)C1CCc2cccc(-c3cncc(Br)n3)c2C1. The van der Waals surface area contributed by atoms with E-state index in [1.165, 1.54) is 55.5 Å². The molecule has 3 nitrogen and oxygen atoms in total. The summed E-state index contributed by atoms with van der Waals surface area (Å²) in [5.74, 6) is 0. The van der Waals surface area contributed by atoms with Crippen LogP contribution < -0.4 is 0 Å². The summed E-state index contributed by atoms with van der Waals surface area (Å²) in [5, 5.41) is 0. The third-order valence-corrected chi connectivity index (χ3v) is 5.26. The van der Waals surface area contributed by atoms with Crippen LogP contribution in [0.4, 0.5) is 0 Å². The Morgan fingerprint density at radius 3 is 2.67 bits per heavy atom. The summed E-state index contributed by atoms with van der Waals surface area (Å²) in [5.41, 5.74) is 5.18. The zero-order valence-corrected chi connectivity index (χ0v) is 16.2. The molecule has 3 rings (SSSR count). The highest BCUT2D eigenvalue weighted by atomic mass is 79.9. The Labute approximate surface area is 153 Å². The third kappa shape index (κ3) is 3.86. The van der Waals surface area contributed by atoms with Gasteiger partial charge in [0.2, 0.25) is 0 Å². The van der Waals surface area contributed by atoms with E-state index in [0.29, 0.717) is 6.04 Å². The van der Waals surface area contributed by atoms with Gasteiger partial charge in [-0.1, -0.05) is 32.0 Å². The van der Waals surface area contributed by atoms with Gasteiger partial charge in [0.25, 0.3) is 0 Å². The second kappa shape index (κ2) is 8.21. The molecule has 1 aliphatic carbocycles. The van der Waals surface area contributed by atoms with Crippen molar-refractivity contribution in [3.63, 3.8) is 0 Å². The lowest BCUT2D eigenvalue weighted by molar-refractivity contribution is 0.180. The Hall–Kier alpha value is -1.26. The third-order valence-electron chi connectivity index (χ3n) is 4.88. The Morgan fingerprint density at radius 2 is 1.96 bits per heavy atom. The van der Waals surface area contributed by atoms with Crippen LogP contribution in [0.25, 0.3) is 11.3 Å². The van der Waals surface area contributed by atoms with E-state index in [9.17, 15) is 0 Å². The number of hydrogen-bond acceptors (Lipinski definition) is 3. The monoisotopic (exact) mass is 387 g/mol. The maximum atomic E-state index is 4.63. The van der Waals surface area contributed by atoms with Crippen LogP contribution in [0.1, 0.15) is 44.2 Å². The molecule has 1 aromatic heterocycles. The number of nitrogens with zero attached hydrogens (tertiary/aromatic N) is 3. The molecule has 1 unspecified atom stereocenters. The molecule has 0 saturated carbocycles. The summed E-state index contributed by atoms with van der Waals surface area (Å²) in [7, 11) is 0. The highest BCUT2D eigenvalue weighted by molar-refractivity contribution is 9.10. The van der Waals surface area contributed by atoms with E-state index in [0.717, 1.165) is 16.7 Å². The van der Waals surface area contributed by atoms with Crippen molar-refractivity contribution in [2.24, 2.45) is 0 Å². The first kappa shape index (κ1) is 17.6. The zero-order chi connectivity index (χ0) is 16.9. The lowest BCUT2D eigenvalue weighted by Crippen LogP contribution is -2.40. The van der Waals surface area contributed by atoms with E-state index < -0.39 is 0 Å². The lowest BCUT2D eigenvalue weighted by atomic mass is 9.84. The molecule has 1 aromatic carbocycles. The first-order chi connectivity index (χ1) is 11.7. The van der Waals surface area contributed by atoms with Gasteiger partial charge < -0.3 is 4.90 Å². The predicted octanol–water partition coefficient (Wildman–Crippen LogP) is 4.89. The smallest absolute Gasteiger partial charge is 0.125 e. The Morgan fingerprint density at radius 1 is 1.17 bits per heavy atom. The van der Waals surface area contributed by atoms with E-state index in [-0.39, 0.29) is 0 Å². The summed E-state index contributed by atoms with van der Waals surface area (Å²) in [6.45, 7) is 6.96. The van der Waals surface area contributed by atoms with Crippen LogP contribution in [0.3, 0.4) is 0 Å². The van der Waals surface area contributed by atoms with Crippen molar-refractivity contribution in [2.45, 2.75) is 52.0 Å². The molecule has 0 radical (unpaired) electrons. The maximum Gasteiger partial charge on any atom is 0.125 e. The standard InChI is InChI=1S/C20H26BrN3/c1-3-10-24(11-4-2)16-9-8-15-6-5-7-17(18(15)12-16)19-13-22-14-20(21)23-19/h5-7,13-14,16H,3-4,8-12H2,1-2H3. The number of rotatable bonds is 6. The fourth-order valence-corrected chi connectivity index (χ4v) is 4.15. The Bertz CT molecular complexity index is 680. The molecule has 4 heteroatoms. The average molecular weight is 388 g/mol. The summed E-state index contributed by atoms with van der Waals surface area (Å²) >= 11 is 3.45. The topological polar surface area (TPSA) is 29.0 Å². The van der Waals surface area contributed by atoms with Gasteiger partial charge in [-0.05, 0) is 72.3 Å². The summed E-state index contributed by atoms with van der Waals surface area (Å²) in [6.07, 6.45) is 9.62. The summed E-state index contributed by atoms with van der Waals surface area (Å²) in [4.78, 5) is 11.6. The molecule has 0 bridgehead atoms. The first-order valence-electron chi connectivity index (χ1n) is 9.05. The minimum Gasteiger partial charge on any atom is -0.300 e. The molecular weight excluding hydrogens is 362 g/mol. The molecule has 0 spiro atoms. The molecule has 0 amide bonds. The fourth-order valence-electron chi connectivity index (χ4n) is 3.84. The van der Waals surface area contributed by atoms with Gasteiger partial charge in [0.05, 0.1) is 18.1 Å². The first-order valence-corrected chi connectivity index (χ1v) is 9.85. The van der Waals surface area contributed by atoms with Gasteiger partial charge in [-0.15, -0.1) is 0 Å². The number of benzene rings is 1. The molecule has 1 heterocycles. The van der Waals surface area contributed by atoms with E-state index in [1.807, 2.05) is 6.20 Å². The van der Waals surface area contributed by atoms with Crippen molar-refractivity contribution < 1.29 is 0 Å². The molecular formula is C20H26BrN3. The largest absolute Gasteiger partial charge is 0.300 e. The molecule has 1 atom stereocenters. The second-order valence-electron chi connectivity index (χ2n) is 6.60. The number of aromatic nitrogens is 2. The number of halogens is 1. The van der Waals surface area contributed by atoms with Crippen molar-refractivity contribution in [1.29, 1.82) is 0 Å². The van der Waals surface area contributed by atoms with Crippen LogP contribution in [-0.2, 0) is 12.8 Å². The van der Waals surface area contributed by atoms with Gasteiger partial charge in [-0.3, -0.25) is 4.98 Å². The van der Waals surface area contributed by atoms with Crippen molar-refractivity contribution >= 4 is 15.9 Å². The molecule has 0 aliphatic heterocycles. The Kier molecular flexibility index (Phi) is 6.01. The van der Waals surface area contributed by atoms with Gasteiger partial charge in [0, 0.05) is 11.6 Å². The van der Waals surface area contributed by atoms with Crippen LogP contribution in [0.15, 0.2) is 35.2 Å². The van der Waals surface area contributed by atoms with E-state index >= 15 is 0 Å². The summed E-state index contributed by atoms with van der Waals surface area (Å²) in [6, 6.07) is 7.29. The van der Waals surface area contributed by atoms with Crippen LogP contribution in [0.2, 0.25) is 0 Å². The van der Waals surface area contributed by atoms with Crippen LogP contribution in [0.5, 0.6) is 0 Å². The van der Waals surface area contributed by atoms with Gasteiger partial charge in [0.15, 0.2) is 0 Å². The summed E-state index contributed by atoms with van der Waals surface area (Å²) < 4.78 is 0.795. The van der Waals surface area contributed by atoms with E-state index in [2.05, 4.69) is 62.8 Å². The van der Waals surface area contributed by atoms with Gasteiger partial charge >= 0.3 is 0 Å². The minimum absolute atomic E-state index is 0.652. The zero-order valence-electron chi connectivity index (χ0n) is 14.6. The highest BCUT2D eigenvalue weighted by Crippen LogP contribution is 2.32. The molecule has 0 fully saturated rings. The molecule has 0 saturated heterocycles. The predicted molar refractivity (Wildman–Crippen MR) is 103 cm³/mol. The normalized spacial score (nSPS) is 17.1. The molecule has 2 aromatic rings. The molecule has 128 valence electrons. The van der Waals surface area contributed by atoms with Crippen molar-refractivity contribution in [1.82, 2.24) is 14.9 Å². The van der Waals surface area contributed by atoms with Crippen LogP contribution in [-0.4, -0.2) is 34.0 Å². The second-order valence-corrected chi connectivity index (χ2v) is 7.42. The van der Waals surface area contributed by atoms with E-state index in [4.69, 9.17) is 0 Å². The number of aryl methyl sites for hydroxylation is 1. The number of fused-ring (bicyclic) bond motifs is 1.